The van der Waals surface area contributed by atoms with Gasteiger partial charge in [-0.1, -0.05) is 24.3 Å². The Morgan fingerprint density at radius 1 is 1.00 bits per heavy atom. The molecule has 0 bridgehead atoms. The third-order valence-corrected chi connectivity index (χ3v) is 4.11. The topological polar surface area (TPSA) is 50.8 Å². The number of halogens is 1. The van der Waals surface area contributed by atoms with Crippen molar-refractivity contribution in [3.63, 3.8) is 0 Å². The number of amides is 1. The Morgan fingerprint density at radius 2 is 1.69 bits per heavy atom. The number of para-hydroxylation sites is 3. The van der Waals surface area contributed by atoms with E-state index in [9.17, 15) is 4.79 Å². The van der Waals surface area contributed by atoms with Crippen molar-refractivity contribution in [2.75, 3.05) is 32.8 Å². The van der Waals surface area contributed by atoms with Crippen LogP contribution < -0.4 is 14.8 Å². The average molecular weight is 377 g/mol. The van der Waals surface area contributed by atoms with Gasteiger partial charge in [0.2, 0.25) is 0 Å². The molecule has 1 N–H and O–H groups in total. The van der Waals surface area contributed by atoms with Gasteiger partial charge in [-0.15, -0.1) is 12.4 Å². The fraction of sp³-hybridized carbons (Fsp3) is 0.350. The number of ether oxygens (including phenoxy) is 2. The quantitative estimate of drug-likeness (QED) is 0.863. The lowest BCUT2D eigenvalue weighted by molar-refractivity contribution is 0.0763. The number of hydrogen-bond acceptors (Lipinski definition) is 4. The van der Waals surface area contributed by atoms with Crippen LogP contribution in [0.25, 0.3) is 0 Å². The summed E-state index contributed by atoms with van der Waals surface area (Å²) < 4.78 is 11.7. The minimum absolute atomic E-state index is 0. The van der Waals surface area contributed by atoms with Gasteiger partial charge in [-0.3, -0.25) is 4.79 Å². The first-order valence-electron chi connectivity index (χ1n) is 8.78. The summed E-state index contributed by atoms with van der Waals surface area (Å²) in [6.07, 6.45) is 0.960. The van der Waals surface area contributed by atoms with Gasteiger partial charge >= 0.3 is 0 Å². The Balaban J connectivity index is 0.00000243. The summed E-state index contributed by atoms with van der Waals surface area (Å²) in [5.74, 6) is 1.85. The van der Waals surface area contributed by atoms with Crippen LogP contribution >= 0.6 is 12.4 Å². The molecule has 3 rings (SSSR count). The van der Waals surface area contributed by atoms with E-state index in [1.54, 1.807) is 0 Å². The van der Waals surface area contributed by atoms with E-state index in [2.05, 4.69) is 5.32 Å². The van der Waals surface area contributed by atoms with Gasteiger partial charge < -0.3 is 19.7 Å². The molecule has 6 heteroatoms. The maximum absolute atomic E-state index is 13.0. The predicted molar refractivity (Wildman–Crippen MR) is 105 cm³/mol. The third kappa shape index (κ3) is 4.90. The number of carbonyl (C=O) groups is 1. The van der Waals surface area contributed by atoms with Gasteiger partial charge in [-0.25, -0.2) is 0 Å². The van der Waals surface area contributed by atoms with Crippen molar-refractivity contribution < 1.29 is 14.3 Å². The summed E-state index contributed by atoms with van der Waals surface area (Å²) in [4.78, 5) is 14.8. The summed E-state index contributed by atoms with van der Waals surface area (Å²) in [7, 11) is 0. The summed E-state index contributed by atoms with van der Waals surface area (Å²) >= 11 is 0. The van der Waals surface area contributed by atoms with Crippen LogP contribution in [0.4, 0.5) is 0 Å². The van der Waals surface area contributed by atoms with Crippen LogP contribution in [0.2, 0.25) is 0 Å². The Hall–Kier alpha value is -2.24. The first-order chi connectivity index (χ1) is 12.3. The molecule has 1 heterocycles. The SMILES string of the molecule is CCOc1ccccc1Oc1ccccc1C(=O)N1CCCNCC1.Cl. The van der Waals surface area contributed by atoms with Crippen molar-refractivity contribution in [2.24, 2.45) is 0 Å². The normalized spacial score (nSPS) is 14.1. The molecule has 0 atom stereocenters. The van der Waals surface area contributed by atoms with Crippen LogP contribution in [-0.4, -0.2) is 43.6 Å². The molecule has 5 nitrogen and oxygen atoms in total. The second-order valence-electron chi connectivity index (χ2n) is 5.87. The van der Waals surface area contributed by atoms with Crippen molar-refractivity contribution >= 4 is 18.3 Å². The molecule has 0 aromatic heterocycles. The van der Waals surface area contributed by atoms with Gasteiger partial charge in [0.05, 0.1) is 12.2 Å². The molecule has 1 fully saturated rings. The molecule has 1 aliphatic rings. The lowest BCUT2D eigenvalue weighted by atomic mass is 10.1. The molecule has 1 aliphatic heterocycles. The molecule has 2 aromatic rings. The number of carbonyl (C=O) groups excluding carboxylic acids is 1. The van der Waals surface area contributed by atoms with Crippen LogP contribution in [0, 0.1) is 0 Å². The average Bonchev–Trinajstić information content (AvgIpc) is 2.93. The van der Waals surface area contributed by atoms with Gasteiger partial charge in [-0.05, 0) is 44.2 Å². The maximum Gasteiger partial charge on any atom is 0.257 e. The smallest absolute Gasteiger partial charge is 0.257 e. The summed E-state index contributed by atoms with van der Waals surface area (Å²) in [5.41, 5.74) is 0.579. The Morgan fingerprint density at radius 3 is 2.46 bits per heavy atom. The molecule has 1 amide bonds. The lowest BCUT2D eigenvalue weighted by Gasteiger charge is -2.21. The molecule has 1 saturated heterocycles. The number of nitrogens with zero attached hydrogens (tertiary/aromatic N) is 1. The molecular weight excluding hydrogens is 352 g/mol. The van der Waals surface area contributed by atoms with E-state index in [1.807, 2.05) is 60.4 Å². The van der Waals surface area contributed by atoms with E-state index < -0.39 is 0 Å². The van der Waals surface area contributed by atoms with E-state index >= 15 is 0 Å². The first-order valence-corrected chi connectivity index (χ1v) is 8.78. The molecule has 0 spiro atoms. The first kappa shape index (κ1) is 20.1. The fourth-order valence-electron chi connectivity index (χ4n) is 2.88. The molecule has 0 saturated carbocycles. The summed E-state index contributed by atoms with van der Waals surface area (Å²) in [6, 6.07) is 14.9. The molecule has 2 aromatic carbocycles. The van der Waals surface area contributed by atoms with Gasteiger partial charge in [0, 0.05) is 19.6 Å². The van der Waals surface area contributed by atoms with E-state index in [-0.39, 0.29) is 18.3 Å². The summed E-state index contributed by atoms with van der Waals surface area (Å²) in [5, 5.41) is 3.32. The van der Waals surface area contributed by atoms with Crippen molar-refractivity contribution in [2.45, 2.75) is 13.3 Å². The monoisotopic (exact) mass is 376 g/mol. The zero-order valence-electron chi connectivity index (χ0n) is 14.9. The maximum atomic E-state index is 13.0. The highest BCUT2D eigenvalue weighted by molar-refractivity contribution is 5.97. The molecule has 0 aliphatic carbocycles. The molecule has 0 radical (unpaired) electrons. The van der Waals surface area contributed by atoms with Crippen molar-refractivity contribution in [1.29, 1.82) is 0 Å². The number of benzene rings is 2. The highest BCUT2D eigenvalue weighted by Gasteiger charge is 2.21. The minimum atomic E-state index is 0. The number of hydrogen-bond donors (Lipinski definition) is 1. The van der Waals surface area contributed by atoms with Crippen LogP contribution in [0.1, 0.15) is 23.7 Å². The Bertz CT molecular complexity index is 716. The van der Waals surface area contributed by atoms with E-state index in [1.165, 1.54) is 0 Å². The highest BCUT2D eigenvalue weighted by atomic mass is 35.5. The Labute approximate surface area is 160 Å². The lowest BCUT2D eigenvalue weighted by Crippen LogP contribution is -2.34. The molecule has 26 heavy (non-hydrogen) atoms. The highest BCUT2D eigenvalue weighted by Crippen LogP contribution is 2.33. The largest absolute Gasteiger partial charge is 0.490 e. The Kier molecular flexibility index (Phi) is 7.75. The van der Waals surface area contributed by atoms with Crippen LogP contribution in [0.15, 0.2) is 48.5 Å². The van der Waals surface area contributed by atoms with Gasteiger partial charge in [-0.2, -0.15) is 0 Å². The fourth-order valence-corrected chi connectivity index (χ4v) is 2.88. The van der Waals surface area contributed by atoms with E-state index in [0.717, 1.165) is 26.1 Å². The van der Waals surface area contributed by atoms with Gasteiger partial charge in [0.1, 0.15) is 5.75 Å². The molecule has 0 unspecified atom stereocenters. The van der Waals surface area contributed by atoms with Crippen LogP contribution in [-0.2, 0) is 0 Å². The zero-order chi connectivity index (χ0) is 17.5. The minimum Gasteiger partial charge on any atom is -0.490 e. The van der Waals surface area contributed by atoms with Crippen LogP contribution in [0.5, 0.6) is 17.2 Å². The van der Waals surface area contributed by atoms with Gasteiger partial charge in [0.25, 0.3) is 5.91 Å². The number of nitrogens with one attached hydrogen (secondary N) is 1. The molecular formula is C20H25ClN2O3. The standard InChI is InChI=1S/C20H24N2O3.ClH/c1-2-24-18-10-5-6-11-19(18)25-17-9-4-3-8-16(17)20(23)22-14-7-12-21-13-15-22;/h3-6,8-11,21H,2,7,12-15H2,1H3;1H. The van der Waals surface area contributed by atoms with E-state index in [0.29, 0.717) is 36.0 Å². The van der Waals surface area contributed by atoms with Gasteiger partial charge in [0.15, 0.2) is 11.5 Å². The predicted octanol–water partition coefficient (Wildman–Crippen LogP) is 3.73. The third-order valence-electron chi connectivity index (χ3n) is 4.11. The second-order valence-corrected chi connectivity index (χ2v) is 5.87. The second kappa shape index (κ2) is 10.0. The van der Waals surface area contributed by atoms with Crippen molar-refractivity contribution in [3.8, 4) is 17.2 Å². The van der Waals surface area contributed by atoms with Crippen LogP contribution in [0.3, 0.4) is 0 Å². The summed E-state index contributed by atoms with van der Waals surface area (Å²) in [6.45, 7) is 5.73. The zero-order valence-corrected chi connectivity index (χ0v) is 15.8. The van der Waals surface area contributed by atoms with Crippen molar-refractivity contribution in [1.82, 2.24) is 10.2 Å². The van der Waals surface area contributed by atoms with E-state index in [4.69, 9.17) is 9.47 Å². The molecule has 140 valence electrons. The van der Waals surface area contributed by atoms with Crippen molar-refractivity contribution in [3.05, 3.63) is 54.1 Å². The number of rotatable bonds is 5.